The highest BCUT2D eigenvalue weighted by Crippen LogP contribution is 2.27. The number of hydrogen-bond acceptors (Lipinski definition) is 7. The standard InChI is InChI=1S/C18H23N5O4S/c1-4-26-16(24)12-8-19-17(25)20-13(12)10-28-18-22-21-15(14-6-5-7-27-14)23(18)9-11(2)3/h5-7,11H,4,8-10H2,1-3H3,(H2,19,20,25). The highest BCUT2D eigenvalue weighted by atomic mass is 32.2. The third-order valence-corrected chi connectivity index (χ3v) is 4.92. The molecule has 2 aromatic heterocycles. The van der Waals surface area contributed by atoms with Crippen molar-refractivity contribution in [3.05, 3.63) is 29.7 Å². The first-order valence-electron chi connectivity index (χ1n) is 9.03. The molecule has 0 atom stereocenters. The molecule has 0 fully saturated rings. The minimum Gasteiger partial charge on any atom is -0.463 e. The van der Waals surface area contributed by atoms with E-state index < -0.39 is 5.97 Å². The minimum atomic E-state index is -0.439. The van der Waals surface area contributed by atoms with Crippen LogP contribution in [-0.2, 0) is 16.1 Å². The summed E-state index contributed by atoms with van der Waals surface area (Å²) in [4.78, 5) is 23.9. The van der Waals surface area contributed by atoms with E-state index in [1.54, 1.807) is 19.3 Å². The molecule has 2 aromatic rings. The molecule has 28 heavy (non-hydrogen) atoms. The van der Waals surface area contributed by atoms with E-state index in [2.05, 4.69) is 34.7 Å². The lowest BCUT2D eigenvalue weighted by Gasteiger charge is -2.21. The number of nitrogens with zero attached hydrogens (tertiary/aromatic N) is 3. The van der Waals surface area contributed by atoms with Crippen molar-refractivity contribution in [2.45, 2.75) is 32.5 Å². The molecule has 150 valence electrons. The van der Waals surface area contributed by atoms with Crippen LogP contribution >= 0.6 is 11.8 Å². The second kappa shape index (κ2) is 8.96. The molecule has 0 saturated carbocycles. The summed E-state index contributed by atoms with van der Waals surface area (Å²) in [6, 6.07) is 3.30. The fourth-order valence-electron chi connectivity index (χ4n) is 2.72. The second-order valence-corrected chi connectivity index (χ2v) is 7.50. The highest BCUT2D eigenvalue weighted by molar-refractivity contribution is 7.99. The Kier molecular flexibility index (Phi) is 6.40. The summed E-state index contributed by atoms with van der Waals surface area (Å²) < 4.78 is 12.5. The number of carbonyl (C=O) groups excluding carboxylic acids is 2. The number of thioether (sulfide) groups is 1. The average Bonchev–Trinajstić information content (AvgIpc) is 3.29. The predicted octanol–water partition coefficient (Wildman–Crippen LogP) is 2.42. The van der Waals surface area contributed by atoms with E-state index in [0.717, 1.165) is 0 Å². The summed E-state index contributed by atoms with van der Waals surface area (Å²) in [5.41, 5.74) is 0.931. The zero-order valence-corrected chi connectivity index (χ0v) is 16.8. The quantitative estimate of drug-likeness (QED) is 0.512. The molecule has 3 heterocycles. The maximum atomic E-state index is 12.2. The van der Waals surface area contributed by atoms with Gasteiger partial charge < -0.3 is 19.8 Å². The van der Waals surface area contributed by atoms with E-state index in [4.69, 9.17) is 9.15 Å². The zero-order chi connectivity index (χ0) is 20.1. The van der Waals surface area contributed by atoms with Gasteiger partial charge in [0.1, 0.15) is 0 Å². The van der Waals surface area contributed by atoms with Crippen LogP contribution < -0.4 is 10.6 Å². The van der Waals surface area contributed by atoms with Crippen molar-refractivity contribution in [1.82, 2.24) is 25.4 Å². The monoisotopic (exact) mass is 405 g/mol. The Morgan fingerprint density at radius 2 is 2.25 bits per heavy atom. The lowest BCUT2D eigenvalue weighted by atomic mass is 10.2. The van der Waals surface area contributed by atoms with Crippen molar-refractivity contribution in [3.63, 3.8) is 0 Å². The molecular weight excluding hydrogens is 382 g/mol. The Morgan fingerprint density at radius 3 is 2.93 bits per heavy atom. The molecule has 0 unspecified atom stereocenters. The van der Waals surface area contributed by atoms with Crippen molar-refractivity contribution in [2.24, 2.45) is 5.92 Å². The molecule has 0 saturated heterocycles. The normalized spacial score (nSPS) is 14.2. The van der Waals surface area contributed by atoms with Crippen LogP contribution in [0.15, 0.2) is 39.2 Å². The maximum Gasteiger partial charge on any atom is 0.337 e. The molecule has 0 bridgehead atoms. The summed E-state index contributed by atoms with van der Waals surface area (Å²) in [5, 5.41) is 14.5. The van der Waals surface area contributed by atoms with Crippen LogP contribution in [0.2, 0.25) is 0 Å². The number of furan rings is 1. The molecule has 0 aliphatic carbocycles. The van der Waals surface area contributed by atoms with Gasteiger partial charge in [-0.2, -0.15) is 0 Å². The number of amides is 2. The van der Waals surface area contributed by atoms with Crippen molar-refractivity contribution in [2.75, 3.05) is 18.9 Å². The summed E-state index contributed by atoms with van der Waals surface area (Å²) in [6.45, 7) is 7.07. The third-order valence-electron chi connectivity index (χ3n) is 3.93. The first kappa shape index (κ1) is 20.0. The predicted molar refractivity (Wildman–Crippen MR) is 103 cm³/mol. The largest absolute Gasteiger partial charge is 0.463 e. The number of aromatic nitrogens is 3. The smallest absolute Gasteiger partial charge is 0.337 e. The van der Waals surface area contributed by atoms with Gasteiger partial charge in [-0.15, -0.1) is 10.2 Å². The highest BCUT2D eigenvalue weighted by Gasteiger charge is 2.25. The van der Waals surface area contributed by atoms with Gasteiger partial charge in [0.05, 0.1) is 25.0 Å². The lowest BCUT2D eigenvalue weighted by Crippen LogP contribution is -2.44. The first-order valence-corrected chi connectivity index (χ1v) is 10.0. The van der Waals surface area contributed by atoms with Gasteiger partial charge in [0.2, 0.25) is 0 Å². The maximum absolute atomic E-state index is 12.2. The number of carbonyl (C=O) groups is 2. The topological polar surface area (TPSA) is 111 Å². The van der Waals surface area contributed by atoms with Gasteiger partial charge in [0.25, 0.3) is 0 Å². The molecule has 0 aromatic carbocycles. The van der Waals surface area contributed by atoms with Crippen LogP contribution in [0.5, 0.6) is 0 Å². The number of rotatable bonds is 8. The number of urea groups is 1. The fraction of sp³-hybridized carbons (Fsp3) is 0.444. The average molecular weight is 405 g/mol. The van der Waals surface area contributed by atoms with E-state index >= 15 is 0 Å². The first-order chi connectivity index (χ1) is 13.5. The Hall–Kier alpha value is -2.75. The van der Waals surface area contributed by atoms with Gasteiger partial charge in [-0.25, -0.2) is 9.59 Å². The fourth-order valence-corrected chi connectivity index (χ4v) is 3.65. The second-order valence-electron chi connectivity index (χ2n) is 6.56. The number of esters is 1. The summed E-state index contributed by atoms with van der Waals surface area (Å²) in [6.07, 6.45) is 1.59. The molecule has 0 spiro atoms. The third kappa shape index (κ3) is 4.56. The van der Waals surface area contributed by atoms with Crippen molar-refractivity contribution in [3.8, 4) is 11.6 Å². The Bertz CT molecular complexity index is 873. The Balaban J connectivity index is 1.84. The van der Waals surface area contributed by atoms with Crippen LogP contribution in [-0.4, -0.2) is 45.7 Å². The van der Waals surface area contributed by atoms with Crippen LogP contribution in [0.25, 0.3) is 11.6 Å². The van der Waals surface area contributed by atoms with E-state index in [1.165, 1.54) is 11.8 Å². The molecular formula is C18H23N5O4S. The zero-order valence-electron chi connectivity index (χ0n) is 16.0. The van der Waals surface area contributed by atoms with Gasteiger partial charge in [0, 0.05) is 18.0 Å². The Labute approximate surface area is 166 Å². The molecule has 10 heteroatoms. The van der Waals surface area contributed by atoms with E-state index in [9.17, 15) is 9.59 Å². The minimum absolute atomic E-state index is 0.136. The molecule has 1 aliphatic heterocycles. The molecule has 0 radical (unpaired) electrons. The van der Waals surface area contributed by atoms with E-state index in [-0.39, 0.29) is 19.2 Å². The van der Waals surface area contributed by atoms with Crippen LogP contribution in [0, 0.1) is 5.92 Å². The number of nitrogens with one attached hydrogen (secondary N) is 2. The molecule has 3 rings (SSSR count). The summed E-state index contributed by atoms with van der Waals surface area (Å²) in [5.74, 6) is 1.58. The molecule has 2 N–H and O–H groups in total. The van der Waals surface area contributed by atoms with Gasteiger partial charge >= 0.3 is 12.0 Å². The lowest BCUT2D eigenvalue weighted by molar-refractivity contribution is -0.138. The Morgan fingerprint density at radius 1 is 1.43 bits per heavy atom. The van der Waals surface area contributed by atoms with Gasteiger partial charge in [0.15, 0.2) is 16.7 Å². The number of hydrogen-bond donors (Lipinski definition) is 2. The van der Waals surface area contributed by atoms with Crippen LogP contribution in [0.1, 0.15) is 20.8 Å². The van der Waals surface area contributed by atoms with Crippen molar-refractivity contribution >= 4 is 23.8 Å². The summed E-state index contributed by atoms with van der Waals surface area (Å²) in [7, 11) is 0. The molecule has 2 amide bonds. The molecule has 9 nitrogen and oxygen atoms in total. The van der Waals surface area contributed by atoms with Crippen LogP contribution in [0.4, 0.5) is 4.79 Å². The van der Waals surface area contributed by atoms with Crippen molar-refractivity contribution < 1.29 is 18.7 Å². The van der Waals surface area contributed by atoms with E-state index in [1.807, 2.05) is 10.6 Å². The van der Waals surface area contributed by atoms with Gasteiger partial charge in [-0.05, 0) is 25.0 Å². The SMILES string of the molecule is CCOC(=O)C1=C(CSc2nnc(-c3ccco3)n2CC(C)C)NC(=O)NC1. The van der Waals surface area contributed by atoms with Crippen molar-refractivity contribution in [1.29, 1.82) is 0 Å². The molecule has 1 aliphatic rings. The van der Waals surface area contributed by atoms with Gasteiger partial charge in [-0.1, -0.05) is 25.6 Å². The van der Waals surface area contributed by atoms with Crippen LogP contribution in [0.3, 0.4) is 0 Å². The van der Waals surface area contributed by atoms with E-state index in [0.29, 0.717) is 46.2 Å². The van der Waals surface area contributed by atoms with Gasteiger partial charge in [-0.3, -0.25) is 4.57 Å². The number of ether oxygens (including phenoxy) is 1. The summed E-state index contributed by atoms with van der Waals surface area (Å²) >= 11 is 1.39.